The summed E-state index contributed by atoms with van der Waals surface area (Å²) in [5.41, 5.74) is 5.83. The van der Waals surface area contributed by atoms with Crippen molar-refractivity contribution in [1.82, 2.24) is 4.57 Å². The van der Waals surface area contributed by atoms with Crippen LogP contribution in [0.4, 0.5) is 5.69 Å². The summed E-state index contributed by atoms with van der Waals surface area (Å²) in [7, 11) is 0. The van der Waals surface area contributed by atoms with Crippen LogP contribution in [-0.4, -0.2) is 16.4 Å². The number of hydrogen-bond acceptors (Lipinski definition) is 3. The van der Waals surface area contributed by atoms with Crippen molar-refractivity contribution in [2.45, 2.75) is 6.92 Å². The van der Waals surface area contributed by atoms with E-state index >= 15 is 0 Å². The smallest absolute Gasteiger partial charge is 0.268 e. The van der Waals surface area contributed by atoms with Gasteiger partial charge >= 0.3 is 0 Å². The molecule has 0 saturated carbocycles. The number of imide groups is 1. The Bertz CT molecular complexity index is 2030. The highest BCUT2D eigenvalue weighted by Crippen LogP contribution is 2.40. The maximum absolute atomic E-state index is 14.1. The summed E-state index contributed by atoms with van der Waals surface area (Å²) in [6.45, 7) is 5.25. The topological polar surface area (TPSA) is 66.1 Å². The molecule has 196 valence electrons. The van der Waals surface area contributed by atoms with Crippen molar-refractivity contribution in [3.63, 3.8) is 0 Å². The van der Waals surface area contributed by atoms with Gasteiger partial charge in [-0.2, -0.15) is 5.26 Å². The van der Waals surface area contributed by atoms with Crippen LogP contribution in [0.5, 0.6) is 0 Å². The highest BCUT2D eigenvalue weighted by Gasteiger charge is 2.40. The molecule has 5 aromatic carbocycles. The van der Waals surface area contributed by atoms with Crippen molar-refractivity contribution < 1.29 is 9.59 Å². The summed E-state index contributed by atoms with van der Waals surface area (Å²) in [5, 5.41) is 11.6. The van der Waals surface area contributed by atoms with Gasteiger partial charge in [0.1, 0.15) is 0 Å². The van der Waals surface area contributed by atoms with Crippen LogP contribution >= 0.6 is 0 Å². The number of hydrogen-bond donors (Lipinski definition) is 0. The number of rotatable bonds is 3. The van der Waals surface area contributed by atoms with Gasteiger partial charge in [0.15, 0.2) is 0 Å². The van der Waals surface area contributed by atoms with Gasteiger partial charge in [-0.15, -0.1) is 6.58 Å². The lowest BCUT2D eigenvalue weighted by Gasteiger charge is -2.18. The third-order valence-corrected chi connectivity index (χ3v) is 7.17. The molecule has 1 aliphatic heterocycles. The number of fused-ring (bicyclic) bond motifs is 4. The van der Waals surface area contributed by atoms with Crippen LogP contribution < -0.4 is 4.90 Å². The molecule has 0 aliphatic carbocycles. The Morgan fingerprint density at radius 3 is 2.10 bits per heavy atom. The van der Waals surface area contributed by atoms with Gasteiger partial charge in [-0.1, -0.05) is 84.9 Å². The lowest BCUT2D eigenvalue weighted by atomic mass is 10.0. The first-order chi connectivity index (χ1) is 20.1. The number of allylic oxidation sites excluding steroid dienone is 1. The molecule has 2 amide bonds. The molecule has 41 heavy (non-hydrogen) atoms. The van der Waals surface area contributed by atoms with Crippen LogP contribution in [0.25, 0.3) is 38.6 Å². The number of amides is 2. The van der Waals surface area contributed by atoms with E-state index in [1.807, 2.05) is 109 Å². The Morgan fingerprint density at radius 2 is 1.32 bits per heavy atom. The molecular weight excluding hydrogens is 506 g/mol. The molecule has 5 nitrogen and oxygen atoms in total. The van der Waals surface area contributed by atoms with E-state index < -0.39 is 0 Å². The van der Waals surface area contributed by atoms with Crippen LogP contribution in [0.15, 0.2) is 128 Å². The van der Waals surface area contributed by atoms with Crippen molar-refractivity contribution in [2.75, 3.05) is 4.90 Å². The number of carbonyl (C=O) groups is 2. The largest absolute Gasteiger partial charge is 0.308 e. The molecule has 0 radical (unpaired) electrons. The molecule has 0 N–H and O–H groups in total. The van der Waals surface area contributed by atoms with Crippen LogP contribution in [-0.2, 0) is 0 Å². The second kappa shape index (κ2) is 10.4. The summed E-state index contributed by atoms with van der Waals surface area (Å²) >= 11 is 0. The van der Waals surface area contributed by atoms with Crippen LogP contribution in [0, 0.1) is 11.3 Å². The SMILES string of the molecule is C=CC.N#Cc1ccc2c3ccccc3n(-c3cccc4c3C(=O)N(c3ccccc3-c3ccccc3)C4=O)c2c1. The zero-order valence-electron chi connectivity index (χ0n) is 22.4. The van der Waals surface area contributed by atoms with Crippen molar-refractivity contribution >= 4 is 39.3 Å². The first-order valence-electron chi connectivity index (χ1n) is 13.3. The quantitative estimate of drug-likeness (QED) is 0.170. The van der Waals surface area contributed by atoms with Crippen molar-refractivity contribution in [3.05, 3.63) is 145 Å². The fourth-order valence-corrected chi connectivity index (χ4v) is 5.50. The Hall–Kier alpha value is -5.73. The van der Waals surface area contributed by atoms with E-state index in [4.69, 9.17) is 0 Å². The molecule has 1 aliphatic rings. The minimum absolute atomic E-state index is 0.352. The number of anilines is 1. The van der Waals surface area contributed by atoms with E-state index in [2.05, 4.69) is 12.6 Å². The van der Waals surface area contributed by atoms with E-state index in [1.165, 1.54) is 4.90 Å². The molecule has 5 heteroatoms. The first kappa shape index (κ1) is 25.5. The van der Waals surface area contributed by atoms with Gasteiger partial charge in [0.05, 0.1) is 45.2 Å². The summed E-state index contributed by atoms with van der Waals surface area (Å²) < 4.78 is 1.99. The number of aromatic nitrogens is 1. The van der Waals surface area contributed by atoms with E-state index in [0.717, 1.165) is 32.9 Å². The van der Waals surface area contributed by atoms with Crippen molar-refractivity contribution in [2.24, 2.45) is 0 Å². The van der Waals surface area contributed by atoms with E-state index in [1.54, 1.807) is 24.3 Å². The van der Waals surface area contributed by atoms with Crippen molar-refractivity contribution in [1.29, 1.82) is 5.26 Å². The molecule has 7 rings (SSSR count). The van der Waals surface area contributed by atoms with Crippen molar-refractivity contribution in [3.8, 4) is 22.9 Å². The predicted octanol–water partition coefficient (Wildman–Crippen LogP) is 8.32. The highest BCUT2D eigenvalue weighted by molar-refractivity contribution is 6.36. The Labute approximate surface area is 237 Å². The van der Waals surface area contributed by atoms with E-state index in [-0.39, 0.29) is 11.8 Å². The summed E-state index contributed by atoms with van der Waals surface area (Å²) in [6, 6.07) is 38.3. The second-order valence-electron chi connectivity index (χ2n) is 9.63. The third kappa shape index (κ3) is 4.10. The monoisotopic (exact) mass is 531 g/mol. The lowest BCUT2D eigenvalue weighted by Crippen LogP contribution is -2.30. The zero-order valence-corrected chi connectivity index (χ0v) is 22.4. The molecular formula is C36H25N3O2. The maximum Gasteiger partial charge on any atom is 0.268 e. The fourth-order valence-electron chi connectivity index (χ4n) is 5.50. The van der Waals surface area contributed by atoms with Gasteiger partial charge in [0.2, 0.25) is 0 Å². The predicted molar refractivity (Wildman–Crippen MR) is 164 cm³/mol. The lowest BCUT2D eigenvalue weighted by molar-refractivity contribution is 0.0926. The van der Waals surface area contributed by atoms with Gasteiger partial charge in [0, 0.05) is 16.3 Å². The zero-order chi connectivity index (χ0) is 28.5. The highest BCUT2D eigenvalue weighted by atomic mass is 16.2. The van der Waals surface area contributed by atoms with Crippen LogP contribution in [0.2, 0.25) is 0 Å². The Balaban J connectivity index is 0.000000967. The van der Waals surface area contributed by atoms with Gasteiger partial charge in [-0.3, -0.25) is 9.59 Å². The van der Waals surface area contributed by atoms with Crippen LogP contribution in [0.3, 0.4) is 0 Å². The number of nitrogens with zero attached hydrogens (tertiary/aromatic N) is 3. The van der Waals surface area contributed by atoms with Gasteiger partial charge in [-0.05, 0) is 48.9 Å². The van der Waals surface area contributed by atoms with Gasteiger partial charge in [0.25, 0.3) is 11.8 Å². The van der Waals surface area contributed by atoms with E-state index in [9.17, 15) is 14.9 Å². The van der Waals surface area contributed by atoms with E-state index in [0.29, 0.717) is 28.1 Å². The number of carbonyl (C=O) groups excluding carboxylic acids is 2. The molecule has 0 spiro atoms. The number of nitriles is 1. The average molecular weight is 532 g/mol. The molecule has 0 bridgehead atoms. The Kier molecular flexibility index (Phi) is 6.51. The molecule has 1 aromatic heterocycles. The normalized spacial score (nSPS) is 12.1. The minimum Gasteiger partial charge on any atom is -0.308 e. The number of para-hydroxylation sites is 2. The fraction of sp³-hybridized carbons (Fsp3) is 0.0278. The molecule has 0 unspecified atom stereocenters. The maximum atomic E-state index is 14.1. The summed E-state index contributed by atoms with van der Waals surface area (Å²) in [5.74, 6) is -0.722. The summed E-state index contributed by atoms with van der Waals surface area (Å²) in [4.78, 5) is 29.2. The second-order valence-corrected chi connectivity index (χ2v) is 9.63. The molecule has 0 fully saturated rings. The third-order valence-electron chi connectivity index (χ3n) is 7.17. The first-order valence-corrected chi connectivity index (χ1v) is 13.3. The molecule has 6 aromatic rings. The van der Waals surface area contributed by atoms with Gasteiger partial charge < -0.3 is 4.57 Å². The van der Waals surface area contributed by atoms with Gasteiger partial charge in [-0.25, -0.2) is 4.90 Å². The molecule has 0 atom stereocenters. The average Bonchev–Trinajstić information content (AvgIpc) is 3.48. The Morgan fingerprint density at radius 1 is 0.683 bits per heavy atom. The summed E-state index contributed by atoms with van der Waals surface area (Å²) in [6.07, 6.45) is 1.75. The standard InChI is InChI=1S/C33H19N3O2.C3H6/c34-20-21-17-18-25-24-12-5-7-15-28(24)35(30(25)19-21)29-16-8-13-26-31(29)33(38)36(32(26)37)27-14-6-4-11-23(27)22-9-2-1-3-10-22;1-3-2/h1-19H;3H,1H2,2H3. The number of benzene rings is 5. The molecule has 2 heterocycles. The molecule has 0 saturated heterocycles. The minimum atomic E-state index is -0.369. The van der Waals surface area contributed by atoms with Crippen LogP contribution in [0.1, 0.15) is 33.2 Å².